The Morgan fingerprint density at radius 2 is 2.29 bits per heavy atom. The van der Waals surface area contributed by atoms with Crippen LogP contribution in [-0.4, -0.2) is 47.0 Å². The molecule has 4 heteroatoms. The third-order valence-electron chi connectivity index (χ3n) is 3.74. The van der Waals surface area contributed by atoms with Crippen molar-refractivity contribution in [2.24, 2.45) is 5.92 Å². The molecule has 1 saturated heterocycles. The molecule has 0 bridgehead atoms. The Labute approximate surface area is 103 Å². The molecule has 1 unspecified atom stereocenters. The lowest BCUT2D eigenvalue weighted by atomic mass is 10.2. The number of aryl methyl sites for hydroxylation is 1. The fourth-order valence-electron chi connectivity index (χ4n) is 2.52. The molecule has 3 rings (SSSR count). The smallest absolute Gasteiger partial charge is 0.0730 e. The molecular formula is C13H21N3O. The van der Waals surface area contributed by atoms with Crippen molar-refractivity contribution in [2.45, 2.75) is 32.4 Å². The molecule has 17 heavy (non-hydrogen) atoms. The zero-order valence-electron chi connectivity index (χ0n) is 10.5. The van der Waals surface area contributed by atoms with Crippen LogP contribution >= 0.6 is 0 Å². The maximum absolute atomic E-state index is 5.82. The van der Waals surface area contributed by atoms with Crippen molar-refractivity contribution in [2.75, 3.05) is 26.2 Å². The third kappa shape index (κ3) is 2.87. The number of hydrogen-bond acceptors (Lipinski definition) is 3. The highest BCUT2D eigenvalue weighted by atomic mass is 16.5. The number of nitrogens with zero attached hydrogens (tertiary/aromatic N) is 3. The largest absolute Gasteiger partial charge is 0.375 e. The summed E-state index contributed by atoms with van der Waals surface area (Å²) >= 11 is 0. The molecule has 1 atom stereocenters. The molecule has 0 radical (unpaired) electrons. The van der Waals surface area contributed by atoms with E-state index in [1.54, 1.807) is 0 Å². The lowest BCUT2D eigenvalue weighted by molar-refractivity contribution is -0.0401. The van der Waals surface area contributed by atoms with Crippen LogP contribution in [0.3, 0.4) is 0 Å². The highest BCUT2D eigenvalue weighted by molar-refractivity contribution is 4.94. The van der Waals surface area contributed by atoms with Crippen LogP contribution in [-0.2, 0) is 11.3 Å². The number of morpholine rings is 1. The summed E-state index contributed by atoms with van der Waals surface area (Å²) in [5, 5.41) is 4.42. The van der Waals surface area contributed by atoms with Crippen molar-refractivity contribution in [3.8, 4) is 0 Å². The minimum absolute atomic E-state index is 0.503. The normalized spacial score (nSPS) is 26.3. The fourth-order valence-corrected chi connectivity index (χ4v) is 2.52. The second kappa shape index (κ2) is 4.78. The lowest BCUT2D eigenvalue weighted by Crippen LogP contribution is -2.44. The first-order valence-electron chi connectivity index (χ1n) is 6.65. The highest BCUT2D eigenvalue weighted by Crippen LogP contribution is 2.35. The molecule has 0 spiro atoms. The molecule has 1 saturated carbocycles. The second-order valence-electron chi connectivity index (χ2n) is 5.27. The first-order valence-corrected chi connectivity index (χ1v) is 6.65. The van der Waals surface area contributed by atoms with Crippen LogP contribution in [0.5, 0.6) is 0 Å². The zero-order valence-corrected chi connectivity index (χ0v) is 10.5. The quantitative estimate of drug-likeness (QED) is 0.788. The standard InChI is InChI=1S/C13H21N3O/c1-11-4-5-16(14-11)7-6-15-8-9-17-13(10-15)12-2-3-12/h4-5,12-13H,2-3,6-10H2,1H3. The summed E-state index contributed by atoms with van der Waals surface area (Å²) in [6, 6.07) is 2.06. The van der Waals surface area contributed by atoms with Gasteiger partial charge in [-0.2, -0.15) is 5.10 Å². The Morgan fingerprint density at radius 3 is 3.00 bits per heavy atom. The Morgan fingerprint density at radius 1 is 1.41 bits per heavy atom. The molecule has 1 aromatic heterocycles. The summed E-state index contributed by atoms with van der Waals surface area (Å²) < 4.78 is 7.86. The van der Waals surface area contributed by atoms with Crippen molar-refractivity contribution < 1.29 is 4.74 Å². The first kappa shape index (κ1) is 11.2. The summed E-state index contributed by atoms with van der Waals surface area (Å²) in [7, 11) is 0. The number of ether oxygens (including phenoxy) is 1. The predicted octanol–water partition coefficient (Wildman–Crippen LogP) is 1.30. The Hall–Kier alpha value is -0.870. The first-order chi connectivity index (χ1) is 8.31. The Kier molecular flexibility index (Phi) is 3.16. The zero-order chi connectivity index (χ0) is 11.7. The molecule has 1 aromatic rings. The van der Waals surface area contributed by atoms with E-state index in [9.17, 15) is 0 Å². The van der Waals surface area contributed by atoms with Gasteiger partial charge in [0.1, 0.15) is 0 Å². The summed E-state index contributed by atoms with van der Waals surface area (Å²) in [5.74, 6) is 0.852. The van der Waals surface area contributed by atoms with E-state index >= 15 is 0 Å². The van der Waals surface area contributed by atoms with Gasteiger partial charge in [-0.15, -0.1) is 0 Å². The molecule has 2 fully saturated rings. The minimum Gasteiger partial charge on any atom is -0.375 e. The van der Waals surface area contributed by atoms with E-state index in [-0.39, 0.29) is 0 Å². The van der Waals surface area contributed by atoms with Crippen molar-refractivity contribution in [3.63, 3.8) is 0 Å². The van der Waals surface area contributed by atoms with Crippen LogP contribution < -0.4 is 0 Å². The van der Waals surface area contributed by atoms with Crippen molar-refractivity contribution >= 4 is 0 Å². The number of hydrogen-bond donors (Lipinski definition) is 0. The predicted molar refractivity (Wildman–Crippen MR) is 65.9 cm³/mol. The molecule has 1 aliphatic carbocycles. The van der Waals surface area contributed by atoms with Crippen LogP contribution in [0.25, 0.3) is 0 Å². The fraction of sp³-hybridized carbons (Fsp3) is 0.769. The van der Waals surface area contributed by atoms with E-state index in [0.717, 1.165) is 44.4 Å². The van der Waals surface area contributed by atoms with E-state index in [2.05, 4.69) is 22.3 Å². The maximum Gasteiger partial charge on any atom is 0.0730 e. The van der Waals surface area contributed by atoms with Crippen LogP contribution in [0, 0.1) is 12.8 Å². The van der Waals surface area contributed by atoms with Gasteiger partial charge in [0.15, 0.2) is 0 Å². The summed E-state index contributed by atoms with van der Waals surface area (Å²) in [4.78, 5) is 2.52. The molecule has 0 amide bonds. The van der Waals surface area contributed by atoms with Gasteiger partial charge in [-0.1, -0.05) is 0 Å². The van der Waals surface area contributed by atoms with Crippen molar-refractivity contribution in [1.82, 2.24) is 14.7 Å². The van der Waals surface area contributed by atoms with Gasteiger partial charge >= 0.3 is 0 Å². The van der Waals surface area contributed by atoms with E-state index in [1.807, 2.05) is 11.6 Å². The van der Waals surface area contributed by atoms with E-state index in [4.69, 9.17) is 4.74 Å². The average Bonchev–Trinajstić information content (AvgIpc) is 3.11. The Balaban J connectivity index is 1.47. The van der Waals surface area contributed by atoms with E-state index in [1.165, 1.54) is 12.8 Å². The van der Waals surface area contributed by atoms with E-state index < -0.39 is 0 Å². The van der Waals surface area contributed by atoms with Gasteiger partial charge < -0.3 is 4.74 Å². The Bertz CT molecular complexity index is 372. The van der Waals surface area contributed by atoms with Crippen molar-refractivity contribution in [1.29, 1.82) is 0 Å². The average molecular weight is 235 g/mol. The SMILES string of the molecule is Cc1ccn(CCN2CCOC(C3CC3)C2)n1. The molecular weight excluding hydrogens is 214 g/mol. The molecule has 94 valence electrons. The van der Waals surface area contributed by atoms with E-state index in [0.29, 0.717) is 6.10 Å². The third-order valence-corrected chi connectivity index (χ3v) is 3.74. The topological polar surface area (TPSA) is 30.3 Å². The monoisotopic (exact) mass is 235 g/mol. The van der Waals surface area contributed by atoms with Gasteiger partial charge in [0, 0.05) is 25.8 Å². The van der Waals surface area contributed by atoms with Gasteiger partial charge in [0.2, 0.25) is 0 Å². The summed E-state index contributed by atoms with van der Waals surface area (Å²) in [5.41, 5.74) is 1.10. The maximum atomic E-state index is 5.82. The van der Waals surface area contributed by atoms with Gasteiger partial charge in [-0.3, -0.25) is 9.58 Å². The lowest BCUT2D eigenvalue weighted by Gasteiger charge is -2.32. The van der Waals surface area contributed by atoms with Crippen LogP contribution in [0.4, 0.5) is 0 Å². The molecule has 0 N–H and O–H groups in total. The van der Waals surface area contributed by atoms with Crippen LogP contribution in [0.2, 0.25) is 0 Å². The molecule has 4 nitrogen and oxygen atoms in total. The number of rotatable bonds is 4. The molecule has 0 aromatic carbocycles. The number of aromatic nitrogens is 2. The van der Waals surface area contributed by atoms with Gasteiger partial charge in [-0.05, 0) is 31.7 Å². The summed E-state index contributed by atoms with van der Waals surface area (Å²) in [6.07, 6.45) is 5.31. The van der Waals surface area contributed by atoms with Gasteiger partial charge in [-0.25, -0.2) is 0 Å². The van der Waals surface area contributed by atoms with Crippen molar-refractivity contribution in [3.05, 3.63) is 18.0 Å². The highest BCUT2D eigenvalue weighted by Gasteiger charge is 2.34. The van der Waals surface area contributed by atoms with Gasteiger partial charge in [0.25, 0.3) is 0 Å². The summed E-state index contributed by atoms with van der Waals surface area (Å²) in [6.45, 7) is 7.21. The second-order valence-corrected chi connectivity index (χ2v) is 5.27. The molecule has 1 aliphatic heterocycles. The van der Waals surface area contributed by atoms with Gasteiger partial charge in [0.05, 0.1) is 24.9 Å². The minimum atomic E-state index is 0.503. The van der Waals surface area contributed by atoms with Crippen LogP contribution in [0.15, 0.2) is 12.3 Å². The van der Waals surface area contributed by atoms with Crippen LogP contribution in [0.1, 0.15) is 18.5 Å². The molecule has 2 aliphatic rings. The molecule has 2 heterocycles.